The molecule has 9 nitrogen and oxygen atoms in total. The molecule has 5 aromatic rings. The number of aryl methyl sites for hydroxylation is 1. The minimum absolute atomic E-state index is 0.0265. The summed E-state index contributed by atoms with van der Waals surface area (Å²) in [4.78, 5) is 23.5. The number of hydrogen-bond acceptors (Lipinski definition) is 8. The average Bonchev–Trinajstić information content (AvgIpc) is 3.79. The summed E-state index contributed by atoms with van der Waals surface area (Å²) in [6.07, 6.45) is 7.23. The Hall–Kier alpha value is -4.62. The van der Waals surface area contributed by atoms with E-state index in [2.05, 4.69) is 19.7 Å². The van der Waals surface area contributed by atoms with E-state index >= 15 is 0 Å². The Morgan fingerprint density at radius 3 is 2.72 bits per heavy atom. The van der Waals surface area contributed by atoms with Crippen LogP contribution in [0.15, 0.2) is 83.8 Å². The molecule has 1 aliphatic rings. The number of carbonyl (C=O) groups excluding carboxylic acids is 1. The minimum atomic E-state index is -4.14. The monoisotopic (exact) mass is 664 g/mol. The molecule has 1 N–H and O–H groups in total. The number of methoxy groups -OCH3 is 1. The number of benzene rings is 2. The van der Waals surface area contributed by atoms with E-state index in [1.807, 2.05) is 5.38 Å². The molecule has 3 heterocycles. The highest BCUT2D eigenvalue weighted by molar-refractivity contribution is 7.91. The third-order valence-corrected chi connectivity index (χ3v) is 11.2. The first kappa shape index (κ1) is 31.4. The maximum atomic E-state index is 15.0. The Morgan fingerprint density at radius 1 is 1.15 bits per heavy atom. The molecular formula is C33H30F2N4O5S2. The first-order chi connectivity index (χ1) is 22.0. The van der Waals surface area contributed by atoms with Crippen LogP contribution in [0.1, 0.15) is 43.1 Å². The largest absolute Gasteiger partial charge is 0.469 e. The Kier molecular flexibility index (Phi) is 8.38. The van der Waals surface area contributed by atoms with Gasteiger partial charge in [0.25, 0.3) is 10.0 Å². The zero-order valence-corrected chi connectivity index (χ0v) is 26.8. The van der Waals surface area contributed by atoms with E-state index in [4.69, 9.17) is 4.74 Å². The standard InChI is InChI=1S/C33H30F2N4O5S2/c1-20-10-12-33(2,29(35)14-20)46(41,42)39-13-11-21-15-24(5-7-28(21)39)44-25-4-6-27(34)26(17-25)32-36-18-22(38-32)16-23-19-45-30(37-23)8-9-31(40)43-3/h4-7,10-11,13-15,17-19H,8-9,12,16H2,1-3H3,(H,36,38). The van der Waals surface area contributed by atoms with Crippen LogP contribution in [0.5, 0.6) is 11.5 Å². The Bertz CT molecular complexity index is 2130. The van der Waals surface area contributed by atoms with E-state index < -0.39 is 26.4 Å². The number of thiazole rings is 1. The number of esters is 1. The number of imidazole rings is 1. The lowest BCUT2D eigenvalue weighted by molar-refractivity contribution is -0.140. The summed E-state index contributed by atoms with van der Waals surface area (Å²) < 4.78 is 67.2. The maximum Gasteiger partial charge on any atom is 0.305 e. The highest BCUT2D eigenvalue weighted by atomic mass is 32.2. The number of nitrogens with one attached hydrogen (secondary N) is 1. The molecule has 0 aliphatic heterocycles. The molecule has 6 rings (SSSR count). The van der Waals surface area contributed by atoms with Gasteiger partial charge in [0.1, 0.15) is 33.7 Å². The van der Waals surface area contributed by atoms with Gasteiger partial charge in [-0.1, -0.05) is 11.6 Å². The van der Waals surface area contributed by atoms with Gasteiger partial charge in [-0.3, -0.25) is 4.79 Å². The highest BCUT2D eigenvalue weighted by Gasteiger charge is 2.45. The van der Waals surface area contributed by atoms with Crippen molar-refractivity contribution in [3.05, 3.63) is 106 Å². The van der Waals surface area contributed by atoms with Crippen LogP contribution in [0, 0.1) is 5.82 Å². The fraction of sp³-hybridized carbons (Fsp3) is 0.242. The highest BCUT2D eigenvalue weighted by Crippen LogP contribution is 2.39. The van der Waals surface area contributed by atoms with Gasteiger partial charge in [0.15, 0.2) is 0 Å². The van der Waals surface area contributed by atoms with Gasteiger partial charge in [-0.25, -0.2) is 31.1 Å². The second-order valence-electron chi connectivity index (χ2n) is 11.2. The molecule has 0 radical (unpaired) electrons. The summed E-state index contributed by atoms with van der Waals surface area (Å²) in [5, 5.41) is 3.31. The van der Waals surface area contributed by atoms with Crippen LogP contribution in [0.25, 0.3) is 22.3 Å². The van der Waals surface area contributed by atoms with Gasteiger partial charge in [0, 0.05) is 41.7 Å². The Balaban J connectivity index is 1.18. The second-order valence-corrected chi connectivity index (χ2v) is 14.4. The molecule has 0 saturated carbocycles. The molecule has 3 aromatic heterocycles. The van der Waals surface area contributed by atoms with Crippen LogP contribution >= 0.6 is 11.3 Å². The number of halogens is 2. The molecule has 0 fully saturated rings. The number of aromatic nitrogens is 4. The van der Waals surface area contributed by atoms with Crippen molar-refractivity contribution in [2.24, 2.45) is 0 Å². The average molecular weight is 665 g/mol. The molecule has 238 valence electrons. The van der Waals surface area contributed by atoms with Crippen molar-refractivity contribution in [3.8, 4) is 22.9 Å². The number of carbonyl (C=O) groups is 1. The van der Waals surface area contributed by atoms with Crippen LogP contribution < -0.4 is 4.74 Å². The number of ether oxygens (including phenoxy) is 2. The number of H-pyrrole nitrogens is 1. The fourth-order valence-corrected chi connectivity index (χ4v) is 7.68. The minimum Gasteiger partial charge on any atom is -0.469 e. The molecule has 2 aromatic carbocycles. The molecule has 0 spiro atoms. The van der Waals surface area contributed by atoms with Gasteiger partial charge in [-0.2, -0.15) is 0 Å². The summed E-state index contributed by atoms with van der Waals surface area (Å²) in [7, 11) is -2.79. The molecule has 0 amide bonds. The van der Waals surface area contributed by atoms with Crippen molar-refractivity contribution < 1.29 is 31.5 Å². The lowest BCUT2D eigenvalue weighted by atomic mass is 9.97. The van der Waals surface area contributed by atoms with E-state index in [1.165, 1.54) is 55.8 Å². The Morgan fingerprint density at radius 2 is 1.93 bits per heavy atom. The molecule has 0 saturated heterocycles. The second kappa shape index (κ2) is 12.3. The van der Waals surface area contributed by atoms with Gasteiger partial charge in [0.05, 0.1) is 35.3 Å². The zero-order valence-electron chi connectivity index (χ0n) is 25.2. The summed E-state index contributed by atoms with van der Waals surface area (Å²) in [6.45, 7) is 3.12. The van der Waals surface area contributed by atoms with E-state index in [0.717, 1.165) is 20.4 Å². The zero-order chi connectivity index (χ0) is 32.6. The Labute approximate surface area is 268 Å². The van der Waals surface area contributed by atoms with Gasteiger partial charge in [-0.05, 0) is 68.8 Å². The smallest absolute Gasteiger partial charge is 0.305 e. The van der Waals surface area contributed by atoms with Crippen molar-refractivity contribution in [2.75, 3.05) is 7.11 Å². The number of rotatable bonds is 10. The third kappa shape index (κ3) is 5.99. The number of hydrogen-bond donors (Lipinski definition) is 1. The molecule has 1 unspecified atom stereocenters. The van der Waals surface area contributed by atoms with Crippen molar-refractivity contribution in [1.82, 2.24) is 18.9 Å². The fourth-order valence-electron chi connectivity index (χ4n) is 5.20. The van der Waals surface area contributed by atoms with E-state index in [1.54, 1.807) is 43.5 Å². The number of fused-ring (bicyclic) bond motifs is 1. The topological polar surface area (TPSA) is 116 Å². The van der Waals surface area contributed by atoms with Crippen molar-refractivity contribution in [1.29, 1.82) is 0 Å². The molecule has 1 aliphatic carbocycles. The molecular weight excluding hydrogens is 635 g/mol. The number of nitrogens with zero attached hydrogens (tertiary/aromatic N) is 3. The maximum absolute atomic E-state index is 15.0. The quantitative estimate of drug-likeness (QED) is 0.156. The number of allylic oxidation sites excluding steroid dienone is 3. The van der Waals surface area contributed by atoms with Crippen LogP contribution in [0.4, 0.5) is 8.78 Å². The van der Waals surface area contributed by atoms with Gasteiger partial charge < -0.3 is 14.5 Å². The molecule has 1 atom stereocenters. The predicted molar refractivity (Wildman–Crippen MR) is 172 cm³/mol. The van der Waals surface area contributed by atoms with Crippen molar-refractivity contribution >= 4 is 38.2 Å². The lowest BCUT2D eigenvalue weighted by Gasteiger charge is -2.30. The normalized spacial score (nSPS) is 16.7. The van der Waals surface area contributed by atoms with E-state index in [9.17, 15) is 22.0 Å². The van der Waals surface area contributed by atoms with Crippen molar-refractivity contribution in [3.63, 3.8) is 0 Å². The first-order valence-corrected chi connectivity index (χ1v) is 16.7. The molecule has 0 bridgehead atoms. The van der Waals surface area contributed by atoms with Crippen LogP contribution in [0.2, 0.25) is 0 Å². The number of aromatic amines is 1. The van der Waals surface area contributed by atoms with Crippen molar-refractivity contribution in [2.45, 2.75) is 44.3 Å². The van der Waals surface area contributed by atoms with Crippen LogP contribution in [-0.4, -0.2) is 45.2 Å². The van der Waals surface area contributed by atoms with E-state index in [-0.39, 0.29) is 24.4 Å². The summed E-state index contributed by atoms with van der Waals surface area (Å²) in [5.74, 6) is -0.414. The van der Waals surface area contributed by atoms with Gasteiger partial charge >= 0.3 is 5.97 Å². The summed E-state index contributed by atoms with van der Waals surface area (Å²) in [5.41, 5.74) is 2.81. The lowest BCUT2D eigenvalue weighted by Crippen LogP contribution is -2.40. The molecule has 13 heteroatoms. The SMILES string of the molecule is COC(=O)CCc1nc(Cc2cnc(-c3cc(Oc4ccc5c(ccn5S(=O)(=O)C5(C)CC=C(C)C=C5F)c4)ccc3F)[nH]2)cs1. The predicted octanol–water partition coefficient (Wildman–Crippen LogP) is 7.26. The van der Waals surface area contributed by atoms with Crippen LogP contribution in [0.3, 0.4) is 0 Å². The summed E-state index contributed by atoms with van der Waals surface area (Å²) in [6, 6.07) is 10.8. The third-order valence-electron chi connectivity index (χ3n) is 7.93. The van der Waals surface area contributed by atoms with Gasteiger partial charge in [0.2, 0.25) is 0 Å². The van der Waals surface area contributed by atoms with E-state index in [0.29, 0.717) is 46.6 Å². The van der Waals surface area contributed by atoms with Crippen LogP contribution in [-0.2, 0) is 32.4 Å². The summed E-state index contributed by atoms with van der Waals surface area (Å²) >= 11 is 1.46. The first-order valence-electron chi connectivity index (χ1n) is 14.4. The molecule has 46 heavy (non-hydrogen) atoms. The van der Waals surface area contributed by atoms with Gasteiger partial charge in [-0.15, -0.1) is 11.3 Å².